The number of aromatic nitrogens is 2. The standard InChI is InChI=1S/C15H12BrN3O2/c1-8-2-5-13(11(16)6-8)21-15-18-12-4-3-9(17)7-10(12)14(20)19-15/h2-7H,17H2,1H3,(H,18,19,20). The van der Waals surface area contributed by atoms with Gasteiger partial charge in [-0.1, -0.05) is 6.07 Å². The summed E-state index contributed by atoms with van der Waals surface area (Å²) in [6, 6.07) is 10.8. The molecule has 106 valence electrons. The van der Waals surface area contributed by atoms with Crippen LogP contribution in [-0.4, -0.2) is 9.97 Å². The average Bonchev–Trinajstić information content (AvgIpc) is 2.43. The van der Waals surface area contributed by atoms with Gasteiger partial charge in [-0.25, -0.2) is 0 Å². The molecule has 0 saturated carbocycles. The van der Waals surface area contributed by atoms with Gasteiger partial charge >= 0.3 is 6.01 Å². The van der Waals surface area contributed by atoms with Crippen LogP contribution in [0.25, 0.3) is 10.9 Å². The highest BCUT2D eigenvalue weighted by Gasteiger charge is 2.08. The lowest BCUT2D eigenvalue weighted by Gasteiger charge is -2.08. The van der Waals surface area contributed by atoms with Gasteiger partial charge in [-0.15, -0.1) is 0 Å². The van der Waals surface area contributed by atoms with Crippen molar-refractivity contribution in [2.75, 3.05) is 5.73 Å². The molecule has 0 bridgehead atoms. The Morgan fingerprint density at radius 2 is 2.05 bits per heavy atom. The normalized spacial score (nSPS) is 10.8. The van der Waals surface area contributed by atoms with E-state index in [4.69, 9.17) is 10.5 Å². The number of halogens is 1. The number of nitrogens with one attached hydrogen (secondary N) is 1. The highest BCUT2D eigenvalue weighted by molar-refractivity contribution is 9.10. The molecule has 21 heavy (non-hydrogen) atoms. The number of hydrogen-bond acceptors (Lipinski definition) is 4. The minimum absolute atomic E-state index is 0.141. The van der Waals surface area contributed by atoms with Gasteiger partial charge in [0.25, 0.3) is 5.56 Å². The molecular weight excluding hydrogens is 334 g/mol. The second-order valence-electron chi connectivity index (χ2n) is 4.68. The Labute approximate surface area is 128 Å². The Bertz CT molecular complexity index is 890. The molecule has 0 amide bonds. The number of anilines is 1. The van der Waals surface area contributed by atoms with Crippen molar-refractivity contribution in [3.63, 3.8) is 0 Å². The van der Waals surface area contributed by atoms with Crippen LogP contribution in [0, 0.1) is 6.92 Å². The number of H-pyrrole nitrogens is 1. The van der Waals surface area contributed by atoms with Crippen LogP contribution in [0.3, 0.4) is 0 Å². The topological polar surface area (TPSA) is 81.0 Å². The molecule has 0 unspecified atom stereocenters. The van der Waals surface area contributed by atoms with Gasteiger partial charge in [0.05, 0.1) is 15.4 Å². The number of nitrogens with zero attached hydrogens (tertiary/aromatic N) is 1. The molecule has 0 spiro atoms. The predicted molar refractivity (Wildman–Crippen MR) is 85.7 cm³/mol. The van der Waals surface area contributed by atoms with E-state index < -0.39 is 0 Å². The summed E-state index contributed by atoms with van der Waals surface area (Å²) in [5.41, 5.74) is 7.54. The lowest BCUT2D eigenvalue weighted by molar-refractivity contribution is 0.440. The van der Waals surface area contributed by atoms with Crippen LogP contribution in [0.5, 0.6) is 11.8 Å². The Morgan fingerprint density at radius 1 is 1.24 bits per heavy atom. The number of benzene rings is 2. The molecule has 5 nitrogen and oxygen atoms in total. The first-order chi connectivity index (χ1) is 10.0. The van der Waals surface area contributed by atoms with Gasteiger partial charge < -0.3 is 10.5 Å². The van der Waals surface area contributed by atoms with Crippen molar-refractivity contribution in [2.45, 2.75) is 6.92 Å². The zero-order valence-corrected chi connectivity index (χ0v) is 12.8. The van der Waals surface area contributed by atoms with E-state index in [1.807, 2.05) is 25.1 Å². The largest absolute Gasteiger partial charge is 0.424 e. The van der Waals surface area contributed by atoms with Gasteiger partial charge in [0.2, 0.25) is 0 Å². The summed E-state index contributed by atoms with van der Waals surface area (Å²) in [7, 11) is 0. The van der Waals surface area contributed by atoms with Crippen LogP contribution >= 0.6 is 15.9 Å². The fourth-order valence-corrected chi connectivity index (χ4v) is 2.55. The number of nitrogen functional groups attached to an aromatic ring is 1. The first kappa shape index (κ1) is 13.6. The Morgan fingerprint density at radius 3 is 2.81 bits per heavy atom. The summed E-state index contributed by atoms with van der Waals surface area (Å²) in [4.78, 5) is 18.9. The molecule has 2 aromatic carbocycles. The molecule has 0 atom stereocenters. The van der Waals surface area contributed by atoms with Crippen molar-refractivity contribution in [3.8, 4) is 11.8 Å². The third kappa shape index (κ3) is 2.75. The summed E-state index contributed by atoms with van der Waals surface area (Å²) in [6.07, 6.45) is 0. The van der Waals surface area contributed by atoms with E-state index in [0.717, 1.165) is 10.0 Å². The van der Waals surface area contributed by atoms with Crippen LogP contribution in [0.15, 0.2) is 45.7 Å². The highest BCUT2D eigenvalue weighted by atomic mass is 79.9. The lowest BCUT2D eigenvalue weighted by Crippen LogP contribution is -2.09. The second-order valence-corrected chi connectivity index (χ2v) is 5.54. The van der Waals surface area contributed by atoms with E-state index in [9.17, 15) is 4.79 Å². The maximum atomic E-state index is 12.0. The van der Waals surface area contributed by atoms with Crippen LogP contribution in [0.1, 0.15) is 5.56 Å². The van der Waals surface area contributed by atoms with Gasteiger partial charge in [-0.2, -0.15) is 4.98 Å². The van der Waals surface area contributed by atoms with Crippen molar-refractivity contribution in [1.82, 2.24) is 9.97 Å². The Kier molecular flexibility index (Phi) is 3.39. The SMILES string of the molecule is Cc1ccc(Oc2nc3ccc(N)cc3c(=O)[nH]2)c(Br)c1. The zero-order chi connectivity index (χ0) is 15.0. The molecule has 0 aliphatic heterocycles. The van der Waals surface area contributed by atoms with E-state index in [1.54, 1.807) is 18.2 Å². The highest BCUT2D eigenvalue weighted by Crippen LogP contribution is 2.29. The van der Waals surface area contributed by atoms with E-state index in [-0.39, 0.29) is 11.6 Å². The molecule has 0 aliphatic rings. The number of aromatic amines is 1. The third-order valence-corrected chi connectivity index (χ3v) is 3.62. The van der Waals surface area contributed by atoms with Crippen LogP contribution < -0.4 is 16.0 Å². The molecule has 3 rings (SSSR count). The minimum atomic E-state index is -0.287. The number of fused-ring (bicyclic) bond motifs is 1. The number of aryl methyl sites for hydroxylation is 1. The molecule has 1 heterocycles. The fraction of sp³-hybridized carbons (Fsp3) is 0.0667. The molecule has 0 fully saturated rings. The molecule has 6 heteroatoms. The molecule has 0 aliphatic carbocycles. The third-order valence-electron chi connectivity index (χ3n) is 3.00. The van der Waals surface area contributed by atoms with Crippen LogP contribution in [0.2, 0.25) is 0 Å². The minimum Gasteiger partial charge on any atom is -0.424 e. The first-order valence-electron chi connectivity index (χ1n) is 6.26. The second kappa shape index (κ2) is 5.21. The number of nitrogens with two attached hydrogens (primary N) is 1. The summed E-state index contributed by atoms with van der Waals surface area (Å²) < 4.78 is 6.43. The summed E-state index contributed by atoms with van der Waals surface area (Å²) in [5, 5.41) is 0.435. The summed E-state index contributed by atoms with van der Waals surface area (Å²) >= 11 is 3.42. The maximum absolute atomic E-state index is 12.0. The molecule has 3 N–H and O–H groups in total. The molecule has 0 saturated heterocycles. The van der Waals surface area contributed by atoms with Crippen molar-refractivity contribution in [1.29, 1.82) is 0 Å². The molecular formula is C15H12BrN3O2. The van der Waals surface area contributed by atoms with Gasteiger partial charge in [-0.05, 0) is 58.7 Å². The smallest absolute Gasteiger partial charge is 0.302 e. The number of ether oxygens (including phenoxy) is 1. The zero-order valence-electron chi connectivity index (χ0n) is 11.2. The van der Waals surface area contributed by atoms with Crippen molar-refractivity contribution >= 4 is 32.5 Å². The van der Waals surface area contributed by atoms with E-state index in [2.05, 4.69) is 25.9 Å². The predicted octanol–water partition coefficient (Wildman–Crippen LogP) is 3.37. The molecule has 1 aromatic heterocycles. The van der Waals surface area contributed by atoms with Gasteiger partial charge in [0, 0.05) is 5.69 Å². The van der Waals surface area contributed by atoms with Crippen molar-refractivity contribution < 1.29 is 4.74 Å². The quantitative estimate of drug-likeness (QED) is 0.697. The van der Waals surface area contributed by atoms with Gasteiger partial charge in [-0.3, -0.25) is 9.78 Å². The average molecular weight is 346 g/mol. The Balaban J connectivity index is 2.05. The first-order valence-corrected chi connectivity index (χ1v) is 7.06. The Hall–Kier alpha value is -2.34. The van der Waals surface area contributed by atoms with Crippen molar-refractivity contribution in [2.24, 2.45) is 0 Å². The van der Waals surface area contributed by atoms with Gasteiger partial charge in [0.15, 0.2) is 0 Å². The summed E-state index contributed by atoms with van der Waals surface area (Å²) in [5.74, 6) is 0.582. The van der Waals surface area contributed by atoms with Crippen molar-refractivity contribution in [3.05, 3.63) is 56.8 Å². The fourth-order valence-electron chi connectivity index (χ4n) is 1.98. The molecule has 3 aromatic rings. The maximum Gasteiger partial charge on any atom is 0.302 e. The monoisotopic (exact) mass is 345 g/mol. The summed E-state index contributed by atoms with van der Waals surface area (Å²) in [6.45, 7) is 1.98. The number of hydrogen-bond donors (Lipinski definition) is 2. The van der Waals surface area contributed by atoms with E-state index >= 15 is 0 Å². The van der Waals surface area contributed by atoms with Crippen LogP contribution in [0.4, 0.5) is 5.69 Å². The van der Waals surface area contributed by atoms with Crippen LogP contribution in [-0.2, 0) is 0 Å². The lowest BCUT2D eigenvalue weighted by atomic mass is 10.2. The van der Waals surface area contributed by atoms with E-state index in [0.29, 0.717) is 22.3 Å². The molecule has 0 radical (unpaired) electrons. The van der Waals surface area contributed by atoms with Gasteiger partial charge in [0.1, 0.15) is 5.75 Å². The number of rotatable bonds is 2. The van der Waals surface area contributed by atoms with E-state index in [1.165, 1.54) is 0 Å².